The topological polar surface area (TPSA) is 104 Å². The zero-order valence-corrected chi connectivity index (χ0v) is 22.1. The van der Waals surface area contributed by atoms with Crippen molar-refractivity contribution in [2.24, 2.45) is 17.8 Å². The first-order chi connectivity index (χ1) is 16.6. The van der Waals surface area contributed by atoms with E-state index in [4.69, 9.17) is 27.9 Å². The van der Waals surface area contributed by atoms with Crippen LogP contribution in [0.15, 0.2) is 29.8 Å². The largest absolute Gasteiger partial charge is 0.508 e. The van der Waals surface area contributed by atoms with Crippen LogP contribution in [0.25, 0.3) is 0 Å². The molecule has 8 nitrogen and oxygen atoms in total. The third kappa shape index (κ3) is 2.92. The molecule has 186 valence electrons. The van der Waals surface area contributed by atoms with Gasteiger partial charge < -0.3 is 9.84 Å². The number of ether oxygens (including phenoxy) is 1. The molecule has 2 aliphatic carbocycles. The Morgan fingerprint density at radius 2 is 1.83 bits per heavy atom. The van der Waals surface area contributed by atoms with Crippen LogP contribution in [0.1, 0.15) is 31.2 Å². The highest BCUT2D eigenvalue weighted by Crippen LogP contribution is 2.67. The lowest BCUT2D eigenvalue weighted by molar-refractivity contribution is -0.141. The van der Waals surface area contributed by atoms with Crippen LogP contribution in [-0.4, -0.2) is 67.4 Å². The van der Waals surface area contributed by atoms with Gasteiger partial charge in [-0.3, -0.25) is 29.0 Å². The number of halogens is 3. The molecule has 4 aliphatic rings. The summed E-state index contributed by atoms with van der Waals surface area (Å²) in [4.78, 5) is 51.9. The van der Waals surface area contributed by atoms with Crippen LogP contribution in [0.4, 0.5) is 0 Å². The van der Waals surface area contributed by atoms with E-state index in [9.17, 15) is 24.3 Å². The molecule has 3 fully saturated rings. The van der Waals surface area contributed by atoms with Crippen molar-refractivity contribution in [2.75, 3.05) is 19.1 Å². The van der Waals surface area contributed by atoms with Gasteiger partial charge >= 0.3 is 0 Å². The number of phenols is 1. The summed E-state index contributed by atoms with van der Waals surface area (Å²) in [6.07, 6.45) is 2.00. The summed E-state index contributed by atoms with van der Waals surface area (Å²) in [7, 11) is 1.42. The number of aromatic hydroxyl groups is 1. The third-order valence-electron chi connectivity index (χ3n) is 7.97. The zero-order chi connectivity index (χ0) is 25.4. The number of carbonyl (C=O) groups excluding carboxylic acids is 4. The molecule has 2 saturated heterocycles. The van der Waals surface area contributed by atoms with Gasteiger partial charge in [0.15, 0.2) is 9.75 Å². The van der Waals surface area contributed by atoms with Gasteiger partial charge in [0.25, 0.3) is 11.8 Å². The van der Waals surface area contributed by atoms with E-state index in [1.54, 1.807) is 19.1 Å². The Labute approximate surface area is 220 Å². The van der Waals surface area contributed by atoms with E-state index >= 15 is 0 Å². The number of alkyl halides is 3. The van der Waals surface area contributed by atoms with Gasteiger partial charge in [-0.05, 0) is 37.8 Å². The third-order valence-corrected chi connectivity index (χ3v) is 9.89. The highest BCUT2D eigenvalue weighted by molar-refractivity contribution is 9.09. The van der Waals surface area contributed by atoms with E-state index in [1.165, 1.54) is 18.1 Å². The number of rotatable bonds is 4. The Morgan fingerprint density at radius 3 is 2.46 bits per heavy atom. The molecular weight excluding hydrogens is 563 g/mol. The smallest absolute Gasteiger partial charge is 0.254 e. The number of hydrogen-bond acceptors (Lipinski definition) is 6. The number of hydrogen-bond donors (Lipinski definition) is 1. The lowest BCUT2D eigenvalue weighted by Crippen LogP contribution is -2.60. The summed E-state index contributed by atoms with van der Waals surface area (Å²) in [5.41, 5.74) is 0.704. The number of allylic oxidation sites excluding steroid dienone is 2. The van der Waals surface area contributed by atoms with Gasteiger partial charge in [0.2, 0.25) is 11.8 Å². The summed E-state index contributed by atoms with van der Waals surface area (Å²) in [5.74, 6) is -4.89. The minimum Gasteiger partial charge on any atom is -0.508 e. The molecule has 0 spiro atoms. The number of phenolic OH excluding ortho intramolecular Hbond substituents is 1. The molecule has 1 saturated carbocycles. The number of imide groups is 2. The second kappa shape index (κ2) is 8.21. The Balaban J connectivity index is 1.79. The maximum Gasteiger partial charge on any atom is 0.254 e. The predicted octanol–water partition coefficient (Wildman–Crippen LogP) is 3.13. The van der Waals surface area contributed by atoms with Gasteiger partial charge in [0.1, 0.15) is 11.5 Å². The first-order valence-electron chi connectivity index (χ1n) is 11.3. The Hall–Kier alpha value is -2.10. The molecule has 0 bridgehead atoms. The molecule has 0 aromatic heterocycles. The molecule has 1 aromatic carbocycles. The average molecular weight is 586 g/mol. The van der Waals surface area contributed by atoms with E-state index < -0.39 is 45.2 Å². The van der Waals surface area contributed by atoms with Gasteiger partial charge in [-0.15, -0.1) is 23.2 Å². The Kier molecular flexibility index (Phi) is 5.77. The van der Waals surface area contributed by atoms with Crippen molar-refractivity contribution in [3.8, 4) is 11.5 Å². The first-order valence-corrected chi connectivity index (χ1v) is 13.2. The fourth-order valence-corrected chi connectivity index (χ4v) is 7.86. The maximum atomic E-state index is 13.7. The summed E-state index contributed by atoms with van der Waals surface area (Å²) >= 11 is 17.4. The number of amides is 4. The molecule has 35 heavy (non-hydrogen) atoms. The van der Waals surface area contributed by atoms with Gasteiger partial charge in [-0.2, -0.15) is 0 Å². The van der Waals surface area contributed by atoms with E-state index in [-0.39, 0.29) is 53.7 Å². The van der Waals surface area contributed by atoms with Gasteiger partial charge in [0.05, 0.1) is 24.4 Å². The van der Waals surface area contributed by atoms with Crippen molar-refractivity contribution in [1.82, 2.24) is 9.80 Å². The standard InChI is InChI=1S/C24H23BrCl2N2O6/c1-3-28-19(31)12-8-7-11-13(16(12)20(28)32)9-23(26)21(33)29(10-25)22(34)24(23,27)18(11)17-14(30)5-4-6-15(17)35-2/h4-7,12-13,16,18,30H,3,8-10H2,1-2H3/t12-,13+,16-,18+,23+,24-/m0/s1. The number of nitrogens with zero attached hydrogens (tertiary/aromatic N) is 2. The van der Waals surface area contributed by atoms with Crippen molar-refractivity contribution in [2.45, 2.75) is 35.4 Å². The lowest BCUT2D eigenvalue weighted by atomic mass is 9.56. The highest BCUT2D eigenvalue weighted by Gasteiger charge is 2.76. The summed E-state index contributed by atoms with van der Waals surface area (Å²) in [6.45, 7) is 1.97. The molecule has 1 N–H and O–H groups in total. The molecule has 0 unspecified atom stereocenters. The van der Waals surface area contributed by atoms with E-state index in [1.807, 2.05) is 6.08 Å². The van der Waals surface area contributed by atoms with Crippen molar-refractivity contribution in [3.63, 3.8) is 0 Å². The second-order valence-electron chi connectivity index (χ2n) is 9.30. The van der Waals surface area contributed by atoms with Crippen LogP contribution < -0.4 is 4.74 Å². The zero-order valence-electron chi connectivity index (χ0n) is 19.0. The van der Waals surface area contributed by atoms with Gasteiger partial charge in [0, 0.05) is 18.0 Å². The van der Waals surface area contributed by atoms with Crippen LogP contribution in [0, 0.1) is 17.8 Å². The molecule has 1 aromatic rings. The van der Waals surface area contributed by atoms with Gasteiger partial charge in [-0.1, -0.05) is 33.6 Å². The summed E-state index contributed by atoms with van der Waals surface area (Å²) in [6, 6.07) is 4.65. The van der Waals surface area contributed by atoms with Gasteiger partial charge in [-0.25, -0.2) is 0 Å². The first kappa shape index (κ1) is 24.6. The number of carbonyl (C=O) groups is 4. The predicted molar refractivity (Wildman–Crippen MR) is 130 cm³/mol. The molecule has 2 heterocycles. The quantitative estimate of drug-likeness (QED) is 0.252. The number of fused-ring (bicyclic) bond motifs is 4. The van der Waals surface area contributed by atoms with Crippen molar-refractivity contribution >= 4 is 62.8 Å². The minimum absolute atomic E-state index is 0.0951. The molecule has 11 heteroatoms. The summed E-state index contributed by atoms with van der Waals surface area (Å²) < 4.78 is 5.52. The maximum absolute atomic E-state index is 13.7. The Bertz CT molecular complexity index is 1210. The molecule has 5 rings (SSSR count). The van der Waals surface area contributed by atoms with Crippen molar-refractivity contribution in [3.05, 3.63) is 35.4 Å². The minimum atomic E-state index is -1.99. The fourth-order valence-electron chi connectivity index (χ4n) is 6.45. The molecule has 2 aliphatic heterocycles. The number of methoxy groups -OCH3 is 1. The van der Waals surface area contributed by atoms with Crippen LogP contribution in [0.3, 0.4) is 0 Å². The average Bonchev–Trinajstić information content (AvgIpc) is 3.17. The normalized spacial score (nSPS) is 36.2. The van der Waals surface area contributed by atoms with Crippen LogP contribution >= 0.6 is 39.1 Å². The Morgan fingerprint density at radius 1 is 1.11 bits per heavy atom. The van der Waals surface area contributed by atoms with Crippen molar-refractivity contribution < 1.29 is 29.0 Å². The van der Waals surface area contributed by atoms with Crippen LogP contribution in [0.5, 0.6) is 11.5 Å². The molecule has 6 atom stereocenters. The van der Waals surface area contributed by atoms with Crippen molar-refractivity contribution in [1.29, 1.82) is 0 Å². The van der Waals surface area contributed by atoms with E-state index in [0.717, 1.165) is 4.90 Å². The van der Waals surface area contributed by atoms with Crippen LogP contribution in [-0.2, 0) is 19.2 Å². The van der Waals surface area contributed by atoms with E-state index in [0.29, 0.717) is 5.57 Å². The number of likely N-dealkylation sites (tertiary alicyclic amines) is 2. The fraction of sp³-hybridized carbons (Fsp3) is 0.500. The lowest BCUT2D eigenvalue weighted by Gasteiger charge is -2.51. The molecular formula is C24H23BrCl2N2O6. The van der Waals surface area contributed by atoms with E-state index in [2.05, 4.69) is 15.9 Å². The second-order valence-corrected chi connectivity index (χ2v) is 11.0. The van der Waals surface area contributed by atoms with Crippen LogP contribution in [0.2, 0.25) is 0 Å². The number of benzene rings is 1. The molecule has 4 amide bonds. The monoisotopic (exact) mass is 584 g/mol. The summed E-state index contributed by atoms with van der Waals surface area (Å²) in [5, 5.41) is 11.0. The highest BCUT2D eigenvalue weighted by atomic mass is 79.9. The molecule has 0 radical (unpaired) electrons. The SMILES string of the molecule is CCN1C(=O)[C@H]2[C@H](CC=C3[C@H]2C[C@@]2(Cl)C(=O)N(CBr)C(=O)[C@@]2(Cl)[C@H]3c2c(O)cccc2OC)C1=O.